The first-order valence-corrected chi connectivity index (χ1v) is 7.87. The number of nitro groups is 1. The van der Waals surface area contributed by atoms with Crippen LogP contribution >= 0.6 is 0 Å². The smallest absolute Gasteiger partial charge is 0.271 e. The highest BCUT2D eigenvalue weighted by atomic mass is 16.6. The maximum atomic E-state index is 12.3. The largest absolute Gasteiger partial charge is 0.324 e. The van der Waals surface area contributed by atoms with E-state index in [2.05, 4.69) is 5.32 Å². The molecule has 24 heavy (non-hydrogen) atoms. The maximum Gasteiger partial charge on any atom is 0.271 e. The molecule has 3 rings (SSSR count). The van der Waals surface area contributed by atoms with Crippen LogP contribution in [0.3, 0.4) is 0 Å². The van der Waals surface area contributed by atoms with Crippen molar-refractivity contribution in [3.05, 3.63) is 34.4 Å². The minimum atomic E-state index is -0.562. The molecule has 1 aliphatic carbocycles. The third-order valence-corrected chi connectivity index (χ3v) is 4.57. The minimum absolute atomic E-state index is 0.146. The average Bonchev–Trinajstić information content (AvgIpc) is 2.80. The zero-order valence-electron chi connectivity index (χ0n) is 12.9. The molecule has 8 nitrogen and oxygen atoms in total. The zero-order chi connectivity index (χ0) is 17.3. The molecular formula is C16H17N3O5. The van der Waals surface area contributed by atoms with Gasteiger partial charge in [0.25, 0.3) is 5.69 Å². The number of nitro benzene ring substituents is 1. The molecule has 8 heteroatoms. The van der Waals surface area contributed by atoms with Gasteiger partial charge in [-0.05, 0) is 18.9 Å². The van der Waals surface area contributed by atoms with Crippen LogP contribution in [0, 0.1) is 22.0 Å². The second-order valence-electron chi connectivity index (χ2n) is 6.12. The number of amides is 3. The molecule has 1 heterocycles. The molecule has 126 valence electrons. The third kappa shape index (κ3) is 2.99. The Morgan fingerprint density at radius 1 is 1.21 bits per heavy atom. The van der Waals surface area contributed by atoms with E-state index in [9.17, 15) is 24.5 Å². The van der Waals surface area contributed by atoms with Crippen molar-refractivity contribution in [1.29, 1.82) is 0 Å². The Morgan fingerprint density at radius 3 is 2.42 bits per heavy atom. The number of carbonyl (C=O) groups excluding carboxylic acids is 3. The highest BCUT2D eigenvalue weighted by Crippen LogP contribution is 2.37. The number of nitrogens with zero attached hydrogens (tertiary/aromatic N) is 2. The zero-order valence-corrected chi connectivity index (χ0v) is 12.9. The molecule has 0 unspecified atom stereocenters. The molecule has 0 bridgehead atoms. The van der Waals surface area contributed by atoms with Crippen molar-refractivity contribution in [2.75, 3.05) is 11.9 Å². The van der Waals surface area contributed by atoms with Crippen LogP contribution in [0.2, 0.25) is 0 Å². The number of hydrogen-bond acceptors (Lipinski definition) is 5. The van der Waals surface area contributed by atoms with Gasteiger partial charge in [-0.2, -0.15) is 0 Å². The van der Waals surface area contributed by atoms with Crippen molar-refractivity contribution in [3.8, 4) is 0 Å². The predicted molar refractivity (Wildman–Crippen MR) is 83.9 cm³/mol. The van der Waals surface area contributed by atoms with E-state index >= 15 is 0 Å². The first kappa shape index (κ1) is 16.1. The topological polar surface area (TPSA) is 110 Å². The normalized spacial score (nSPS) is 23.1. The summed E-state index contributed by atoms with van der Waals surface area (Å²) in [6.45, 7) is -0.354. The molecule has 1 aliphatic heterocycles. The van der Waals surface area contributed by atoms with Crippen molar-refractivity contribution in [3.63, 3.8) is 0 Å². The monoisotopic (exact) mass is 331 g/mol. The maximum absolute atomic E-state index is 12.3. The summed E-state index contributed by atoms with van der Waals surface area (Å²) in [5, 5.41) is 13.2. The van der Waals surface area contributed by atoms with Crippen LogP contribution in [0.5, 0.6) is 0 Å². The molecule has 2 fully saturated rings. The van der Waals surface area contributed by atoms with E-state index in [0.717, 1.165) is 17.7 Å². The van der Waals surface area contributed by atoms with Crippen molar-refractivity contribution in [1.82, 2.24) is 4.90 Å². The Morgan fingerprint density at radius 2 is 1.83 bits per heavy atom. The van der Waals surface area contributed by atoms with Crippen LogP contribution in [0.25, 0.3) is 0 Å². The SMILES string of the molecule is O=C(CN1C(=O)[C@H]2CCCC[C@@H]2C1=O)Nc1cccc([N+](=O)[O-])c1. The second kappa shape index (κ2) is 6.38. The molecule has 0 radical (unpaired) electrons. The lowest BCUT2D eigenvalue weighted by molar-refractivity contribution is -0.384. The lowest BCUT2D eigenvalue weighted by Gasteiger charge is -2.19. The first-order chi connectivity index (χ1) is 11.5. The highest BCUT2D eigenvalue weighted by molar-refractivity contribution is 6.08. The number of anilines is 1. The summed E-state index contributed by atoms with van der Waals surface area (Å²) in [6, 6.07) is 5.51. The fourth-order valence-corrected chi connectivity index (χ4v) is 3.43. The van der Waals surface area contributed by atoms with E-state index in [1.807, 2.05) is 0 Å². The van der Waals surface area contributed by atoms with Gasteiger partial charge in [-0.1, -0.05) is 18.9 Å². The van der Waals surface area contributed by atoms with Crippen LogP contribution in [0.1, 0.15) is 25.7 Å². The lowest BCUT2D eigenvalue weighted by Crippen LogP contribution is -2.38. The number of non-ortho nitro benzene ring substituents is 1. The Kier molecular flexibility index (Phi) is 4.28. The summed E-state index contributed by atoms with van der Waals surface area (Å²) >= 11 is 0. The van der Waals surface area contributed by atoms with Crippen LogP contribution in [-0.2, 0) is 14.4 Å². The van der Waals surface area contributed by atoms with E-state index in [1.165, 1.54) is 24.3 Å². The number of hydrogen-bond donors (Lipinski definition) is 1. The number of carbonyl (C=O) groups is 3. The summed E-state index contributed by atoms with van der Waals surface area (Å²) in [7, 11) is 0. The van der Waals surface area contributed by atoms with Gasteiger partial charge in [-0.25, -0.2) is 0 Å². The Labute approximate surface area is 138 Å². The molecule has 2 atom stereocenters. The van der Waals surface area contributed by atoms with Crippen LogP contribution in [0.4, 0.5) is 11.4 Å². The Balaban J connectivity index is 1.66. The molecular weight excluding hydrogens is 314 g/mol. The van der Waals surface area contributed by atoms with Gasteiger partial charge in [-0.3, -0.25) is 29.4 Å². The number of likely N-dealkylation sites (tertiary alicyclic amines) is 1. The molecule has 1 aromatic rings. The summed E-state index contributed by atoms with van der Waals surface area (Å²) in [4.78, 5) is 48.0. The van der Waals surface area contributed by atoms with E-state index in [-0.39, 0.29) is 41.6 Å². The van der Waals surface area contributed by atoms with E-state index < -0.39 is 10.8 Å². The highest BCUT2D eigenvalue weighted by Gasteiger charge is 2.48. The summed E-state index contributed by atoms with van der Waals surface area (Å²) in [5.74, 6) is -1.69. The molecule has 2 aliphatic rings. The predicted octanol–water partition coefficient (Wildman–Crippen LogP) is 1.71. The molecule has 1 N–H and O–H groups in total. The van der Waals surface area contributed by atoms with Gasteiger partial charge in [0.15, 0.2) is 0 Å². The number of benzene rings is 1. The van der Waals surface area contributed by atoms with Gasteiger partial charge >= 0.3 is 0 Å². The summed E-state index contributed by atoms with van der Waals surface area (Å²) < 4.78 is 0. The number of nitrogens with one attached hydrogen (secondary N) is 1. The fraction of sp³-hybridized carbons (Fsp3) is 0.438. The molecule has 3 amide bonds. The molecule has 0 spiro atoms. The molecule has 1 saturated carbocycles. The number of rotatable bonds is 4. The van der Waals surface area contributed by atoms with Gasteiger partial charge in [0.2, 0.25) is 17.7 Å². The standard InChI is InChI=1S/C16H17N3O5/c20-14(17-10-4-3-5-11(8-10)19(23)24)9-18-15(21)12-6-1-2-7-13(12)16(18)22/h3-5,8,12-13H,1-2,6-7,9H2,(H,17,20)/t12-,13-/m0/s1. The Hall–Kier alpha value is -2.77. The number of imide groups is 1. The third-order valence-electron chi connectivity index (χ3n) is 4.57. The van der Waals surface area contributed by atoms with E-state index in [0.29, 0.717) is 12.8 Å². The van der Waals surface area contributed by atoms with Crippen molar-refractivity contribution < 1.29 is 19.3 Å². The molecule has 1 saturated heterocycles. The summed E-state index contributed by atoms with van der Waals surface area (Å²) in [6.07, 6.45) is 3.23. The first-order valence-electron chi connectivity index (χ1n) is 7.87. The average molecular weight is 331 g/mol. The van der Waals surface area contributed by atoms with Crippen LogP contribution < -0.4 is 5.32 Å². The van der Waals surface area contributed by atoms with E-state index in [4.69, 9.17) is 0 Å². The lowest BCUT2D eigenvalue weighted by atomic mass is 9.81. The van der Waals surface area contributed by atoms with Gasteiger partial charge in [-0.15, -0.1) is 0 Å². The van der Waals surface area contributed by atoms with Crippen molar-refractivity contribution >= 4 is 29.1 Å². The Bertz CT molecular complexity index is 693. The van der Waals surface area contributed by atoms with Crippen molar-refractivity contribution in [2.24, 2.45) is 11.8 Å². The van der Waals surface area contributed by atoms with E-state index in [1.54, 1.807) is 0 Å². The quantitative estimate of drug-likeness (QED) is 0.513. The van der Waals surface area contributed by atoms with Gasteiger partial charge in [0.1, 0.15) is 6.54 Å². The van der Waals surface area contributed by atoms with Gasteiger partial charge < -0.3 is 5.32 Å². The number of fused-ring (bicyclic) bond motifs is 1. The van der Waals surface area contributed by atoms with Gasteiger partial charge in [0.05, 0.1) is 16.8 Å². The summed E-state index contributed by atoms with van der Waals surface area (Å²) in [5.41, 5.74) is 0.109. The fourth-order valence-electron chi connectivity index (χ4n) is 3.43. The minimum Gasteiger partial charge on any atom is -0.324 e. The van der Waals surface area contributed by atoms with Gasteiger partial charge in [0, 0.05) is 17.8 Å². The van der Waals surface area contributed by atoms with Crippen molar-refractivity contribution in [2.45, 2.75) is 25.7 Å². The molecule has 1 aromatic carbocycles. The van der Waals surface area contributed by atoms with Crippen LogP contribution in [0.15, 0.2) is 24.3 Å². The second-order valence-corrected chi connectivity index (χ2v) is 6.12. The van der Waals surface area contributed by atoms with Crippen LogP contribution in [-0.4, -0.2) is 34.1 Å². The molecule has 0 aromatic heterocycles.